The average molecular weight is 494 g/mol. The van der Waals surface area contributed by atoms with E-state index in [1.165, 1.54) is 7.11 Å². The minimum absolute atomic E-state index is 0.137. The number of aromatic nitrogens is 2. The Hall–Kier alpha value is -3.94. The summed E-state index contributed by atoms with van der Waals surface area (Å²) in [5, 5.41) is 38.3. The van der Waals surface area contributed by atoms with Gasteiger partial charge in [0, 0.05) is 17.5 Å². The predicted octanol–water partition coefficient (Wildman–Crippen LogP) is 1.58. The number of benzene rings is 2. The molecule has 0 saturated heterocycles. The minimum atomic E-state index is -1.09. The molecule has 10 nitrogen and oxygen atoms in total. The second-order valence-electron chi connectivity index (χ2n) is 9.52. The van der Waals surface area contributed by atoms with E-state index in [1.807, 2.05) is 32.9 Å². The molecule has 3 rings (SSSR count). The Bertz CT molecular complexity index is 1290. The van der Waals surface area contributed by atoms with Crippen molar-refractivity contribution in [2.75, 3.05) is 20.3 Å². The lowest BCUT2D eigenvalue weighted by atomic mass is 9.86. The summed E-state index contributed by atoms with van der Waals surface area (Å²) in [6.07, 6.45) is -1.09. The van der Waals surface area contributed by atoms with Gasteiger partial charge in [-0.05, 0) is 23.6 Å². The molecule has 10 heteroatoms. The highest BCUT2D eigenvalue weighted by Gasteiger charge is 2.34. The average Bonchev–Trinajstić information content (AvgIpc) is 3.23. The topological polar surface area (TPSA) is 149 Å². The van der Waals surface area contributed by atoms with Gasteiger partial charge < -0.3 is 25.6 Å². The number of carbonyl (C=O) groups is 2. The number of nitriles is 1. The second kappa shape index (κ2) is 11.2. The molecule has 0 bridgehead atoms. The number of aliphatic hydroxyl groups excluding tert-OH is 2. The molecule has 0 saturated carbocycles. The van der Waals surface area contributed by atoms with Gasteiger partial charge in [0.15, 0.2) is 5.69 Å². The molecule has 0 aliphatic heterocycles. The van der Waals surface area contributed by atoms with Crippen molar-refractivity contribution in [1.29, 1.82) is 5.26 Å². The van der Waals surface area contributed by atoms with Gasteiger partial charge in [-0.3, -0.25) is 14.3 Å². The summed E-state index contributed by atoms with van der Waals surface area (Å²) in [7, 11) is 1.53. The fourth-order valence-corrected chi connectivity index (χ4v) is 3.78. The van der Waals surface area contributed by atoms with Crippen molar-refractivity contribution in [3.8, 4) is 11.8 Å². The molecule has 3 aromatic rings. The highest BCUT2D eigenvalue weighted by Crippen LogP contribution is 2.25. The molecule has 2 amide bonds. The summed E-state index contributed by atoms with van der Waals surface area (Å²) < 4.78 is 7.12. The van der Waals surface area contributed by atoms with Gasteiger partial charge in [0.25, 0.3) is 5.91 Å². The SMILES string of the molecule is COc1cc(C#N)ccc1Cn1nc(C(=O)N[C@H](C(=O)NC[C@H](O)CO)C(C)(C)C)c2ccccc21. The van der Waals surface area contributed by atoms with Gasteiger partial charge in [-0.2, -0.15) is 10.4 Å². The van der Waals surface area contributed by atoms with Crippen LogP contribution in [0, 0.1) is 16.7 Å². The van der Waals surface area contributed by atoms with Crippen LogP contribution in [0.2, 0.25) is 0 Å². The Morgan fingerprint density at radius 1 is 1.22 bits per heavy atom. The van der Waals surface area contributed by atoms with Crippen molar-refractivity contribution in [3.05, 3.63) is 59.3 Å². The standard InChI is InChI=1S/C26H31N5O5/c1-26(2,3)23(25(35)28-13-18(33)15-32)29-24(34)22-19-7-5-6-8-20(19)31(30-22)14-17-10-9-16(12-27)11-21(17)36-4/h5-11,18,23,32-33H,13-15H2,1-4H3,(H,28,35)(H,29,34)/t18-,23+/m0/s1. The first-order chi connectivity index (χ1) is 17.1. The summed E-state index contributed by atoms with van der Waals surface area (Å²) in [5.74, 6) is -0.460. The van der Waals surface area contributed by atoms with Gasteiger partial charge in [-0.25, -0.2) is 0 Å². The lowest BCUT2D eigenvalue weighted by molar-refractivity contribution is -0.125. The van der Waals surface area contributed by atoms with Crippen LogP contribution in [0.25, 0.3) is 10.9 Å². The van der Waals surface area contributed by atoms with Crippen LogP contribution in [0.15, 0.2) is 42.5 Å². The molecule has 2 aromatic carbocycles. The molecular weight excluding hydrogens is 462 g/mol. The monoisotopic (exact) mass is 493 g/mol. The van der Waals surface area contributed by atoms with Gasteiger partial charge in [-0.1, -0.05) is 45.0 Å². The molecule has 0 aliphatic carbocycles. The fraction of sp³-hybridized carbons (Fsp3) is 0.385. The van der Waals surface area contributed by atoms with Gasteiger partial charge in [0.05, 0.1) is 43.5 Å². The van der Waals surface area contributed by atoms with Crippen LogP contribution >= 0.6 is 0 Å². The zero-order chi connectivity index (χ0) is 26.5. The molecule has 0 spiro atoms. The number of hydrogen-bond acceptors (Lipinski definition) is 7. The molecule has 190 valence electrons. The molecule has 1 heterocycles. The Kier molecular flexibility index (Phi) is 8.29. The number of carbonyl (C=O) groups excluding carboxylic acids is 2. The number of aliphatic hydroxyl groups is 2. The maximum Gasteiger partial charge on any atom is 0.273 e. The molecule has 4 N–H and O–H groups in total. The van der Waals surface area contributed by atoms with E-state index >= 15 is 0 Å². The molecule has 1 aromatic heterocycles. The Morgan fingerprint density at radius 2 is 1.94 bits per heavy atom. The molecular formula is C26H31N5O5. The zero-order valence-electron chi connectivity index (χ0n) is 20.8. The number of methoxy groups -OCH3 is 1. The first kappa shape index (κ1) is 26.7. The first-order valence-corrected chi connectivity index (χ1v) is 11.5. The number of nitrogens with zero attached hydrogens (tertiary/aromatic N) is 3. The highest BCUT2D eigenvalue weighted by molar-refractivity contribution is 6.06. The van der Waals surface area contributed by atoms with Crippen molar-refractivity contribution >= 4 is 22.7 Å². The maximum atomic E-state index is 13.4. The third kappa shape index (κ3) is 6.00. The zero-order valence-corrected chi connectivity index (χ0v) is 20.8. The largest absolute Gasteiger partial charge is 0.496 e. The number of rotatable bonds is 9. The Balaban J connectivity index is 1.92. The van der Waals surface area contributed by atoms with Crippen molar-refractivity contribution in [1.82, 2.24) is 20.4 Å². The lowest BCUT2D eigenvalue weighted by Gasteiger charge is -2.30. The summed E-state index contributed by atoms with van der Waals surface area (Å²) >= 11 is 0. The highest BCUT2D eigenvalue weighted by atomic mass is 16.5. The normalized spacial score (nSPS) is 13.0. The van der Waals surface area contributed by atoms with Crippen LogP contribution in [0.1, 0.15) is 42.4 Å². The maximum absolute atomic E-state index is 13.4. The summed E-state index contributed by atoms with van der Waals surface area (Å²) in [6.45, 7) is 5.11. The molecule has 0 fully saturated rings. The van der Waals surface area contributed by atoms with Crippen molar-refractivity contribution < 1.29 is 24.5 Å². The molecule has 2 atom stereocenters. The van der Waals surface area contributed by atoms with Gasteiger partial charge in [-0.15, -0.1) is 0 Å². The lowest BCUT2D eigenvalue weighted by Crippen LogP contribution is -2.54. The van der Waals surface area contributed by atoms with Crippen molar-refractivity contribution in [2.45, 2.75) is 39.5 Å². The number of fused-ring (bicyclic) bond motifs is 1. The Morgan fingerprint density at radius 3 is 2.58 bits per heavy atom. The van der Waals surface area contributed by atoms with Crippen LogP contribution < -0.4 is 15.4 Å². The third-order valence-electron chi connectivity index (χ3n) is 5.74. The third-order valence-corrected chi connectivity index (χ3v) is 5.74. The molecule has 0 radical (unpaired) electrons. The van der Waals surface area contributed by atoms with E-state index in [1.54, 1.807) is 35.0 Å². The van der Waals surface area contributed by atoms with Gasteiger partial charge >= 0.3 is 0 Å². The number of nitrogens with one attached hydrogen (secondary N) is 2. The number of para-hydroxylation sites is 1. The summed E-state index contributed by atoms with van der Waals surface area (Å²) in [4.78, 5) is 26.2. The number of amides is 2. The van der Waals surface area contributed by atoms with Crippen LogP contribution in [-0.4, -0.2) is 64.2 Å². The minimum Gasteiger partial charge on any atom is -0.496 e. The van der Waals surface area contributed by atoms with E-state index in [2.05, 4.69) is 21.8 Å². The summed E-state index contributed by atoms with van der Waals surface area (Å²) in [6, 6.07) is 13.6. The number of ether oxygens (including phenoxy) is 1. The second-order valence-corrected chi connectivity index (χ2v) is 9.52. The van der Waals surface area contributed by atoms with E-state index in [9.17, 15) is 14.7 Å². The van der Waals surface area contributed by atoms with E-state index in [0.717, 1.165) is 11.1 Å². The van der Waals surface area contributed by atoms with Crippen LogP contribution in [0.5, 0.6) is 5.75 Å². The van der Waals surface area contributed by atoms with Gasteiger partial charge in [0.1, 0.15) is 11.8 Å². The van der Waals surface area contributed by atoms with Crippen molar-refractivity contribution in [3.63, 3.8) is 0 Å². The van der Waals surface area contributed by atoms with E-state index in [4.69, 9.17) is 15.1 Å². The first-order valence-electron chi connectivity index (χ1n) is 11.5. The fourth-order valence-electron chi connectivity index (χ4n) is 3.78. The molecule has 0 unspecified atom stereocenters. The summed E-state index contributed by atoms with van der Waals surface area (Å²) in [5.41, 5.74) is 1.50. The van der Waals surface area contributed by atoms with Crippen LogP contribution in [0.4, 0.5) is 0 Å². The van der Waals surface area contributed by atoms with E-state index in [0.29, 0.717) is 23.2 Å². The van der Waals surface area contributed by atoms with Gasteiger partial charge in [0.2, 0.25) is 5.91 Å². The van der Waals surface area contributed by atoms with Crippen LogP contribution in [0.3, 0.4) is 0 Å². The molecule has 36 heavy (non-hydrogen) atoms. The molecule has 0 aliphatic rings. The van der Waals surface area contributed by atoms with Crippen LogP contribution in [-0.2, 0) is 11.3 Å². The van der Waals surface area contributed by atoms with E-state index < -0.39 is 36.0 Å². The Labute approximate surface area is 209 Å². The smallest absolute Gasteiger partial charge is 0.273 e. The number of hydrogen-bond donors (Lipinski definition) is 4. The quantitative estimate of drug-likeness (QED) is 0.353. The predicted molar refractivity (Wildman–Crippen MR) is 133 cm³/mol. The van der Waals surface area contributed by atoms with E-state index in [-0.39, 0.29) is 12.2 Å². The van der Waals surface area contributed by atoms with Crippen molar-refractivity contribution in [2.24, 2.45) is 5.41 Å².